The molecule has 8 heteroatoms. The molecule has 2 unspecified atom stereocenters. The molecule has 0 radical (unpaired) electrons. The molecule has 178 valence electrons. The van der Waals surface area contributed by atoms with Gasteiger partial charge in [-0.1, -0.05) is 47.5 Å². The van der Waals surface area contributed by atoms with E-state index in [1.165, 1.54) is 28.3 Å². The normalized spacial score (nSPS) is 20.2. The Labute approximate surface area is 206 Å². The second-order valence-corrected chi connectivity index (χ2v) is 12.0. The summed E-state index contributed by atoms with van der Waals surface area (Å²) in [6.07, 6.45) is 6.02. The van der Waals surface area contributed by atoms with Gasteiger partial charge < -0.3 is 5.32 Å². The van der Waals surface area contributed by atoms with E-state index in [0.717, 1.165) is 18.4 Å². The van der Waals surface area contributed by atoms with E-state index in [9.17, 15) is 13.2 Å². The quantitative estimate of drug-likeness (QED) is 0.576. The number of sulfonamides is 1. The third kappa shape index (κ3) is 5.91. The predicted octanol–water partition coefficient (Wildman–Crippen LogP) is 5.29. The van der Waals surface area contributed by atoms with Crippen LogP contribution in [0.25, 0.3) is 0 Å². The maximum absolute atomic E-state index is 13.0. The monoisotopic (exact) mass is 508 g/mol. The second-order valence-electron chi connectivity index (χ2n) is 9.17. The first-order chi connectivity index (χ1) is 15.7. The van der Waals surface area contributed by atoms with Crippen LogP contribution in [0.2, 0.25) is 10.0 Å². The highest BCUT2D eigenvalue weighted by Gasteiger charge is 2.33. The molecule has 1 aliphatic heterocycles. The average molecular weight is 509 g/mol. The molecular weight excluding hydrogens is 479 g/mol. The Morgan fingerprint density at radius 1 is 1.06 bits per heavy atom. The van der Waals surface area contributed by atoms with Crippen LogP contribution >= 0.6 is 23.2 Å². The summed E-state index contributed by atoms with van der Waals surface area (Å²) in [6.45, 7) is 2.62. The molecule has 2 aromatic carbocycles. The van der Waals surface area contributed by atoms with Crippen LogP contribution in [0.1, 0.15) is 60.9 Å². The van der Waals surface area contributed by atoms with Gasteiger partial charge in [0.1, 0.15) is 0 Å². The highest BCUT2D eigenvalue weighted by atomic mass is 35.5. The highest BCUT2D eigenvalue weighted by Crippen LogP contribution is 2.28. The Kier molecular flexibility index (Phi) is 7.69. The van der Waals surface area contributed by atoms with Gasteiger partial charge in [0, 0.05) is 13.1 Å². The Morgan fingerprint density at radius 3 is 2.58 bits per heavy atom. The number of nitrogens with one attached hydrogen (secondary N) is 1. The molecule has 0 saturated carbocycles. The Bertz CT molecular complexity index is 1140. The number of halogens is 2. The Hall–Kier alpha value is -1.60. The van der Waals surface area contributed by atoms with Crippen molar-refractivity contribution in [3.05, 3.63) is 68.7 Å². The van der Waals surface area contributed by atoms with Crippen LogP contribution in [0, 0.1) is 5.92 Å². The topological polar surface area (TPSA) is 66.5 Å². The van der Waals surface area contributed by atoms with Crippen molar-refractivity contribution in [3.8, 4) is 0 Å². The fourth-order valence-electron chi connectivity index (χ4n) is 4.78. The summed E-state index contributed by atoms with van der Waals surface area (Å²) in [6, 6.07) is 11.2. The molecule has 33 heavy (non-hydrogen) atoms. The molecule has 1 N–H and O–H groups in total. The number of carbonyl (C=O) groups is 1. The van der Waals surface area contributed by atoms with Crippen molar-refractivity contribution in [3.63, 3.8) is 0 Å². The lowest BCUT2D eigenvalue weighted by Crippen LogP contribution is -2.46. The summed E-state index contributed by atoms with van der Waals surface area (Å²) in [4.78, 5) is 13.0. The zero-order valence-electron chi connectivity index (χ0n) is 18.8. The fraction of sp³-hybridized carbons (Fsp3) is 0.480. The first kappa shape index (κ1) is 24.5. The van der Waals surface area contributed by atoms with Crippen molar-refractivity contribution in [2.75, 3.05) is 13.1 Å². The molecule has 4 rings (SSSR count). The number of fused-ring (bicyclic) bond motifs is 1. The standard InChI is InChI=1S/C25H30Cl2N2O3S/c1-17(20-10-9-19-5-2-3-6-21(19)14-20)28-25(30)22-7-4-12-29(15-22)33(31,32)16-18-8-11-23(26)24(27)13-18/h8-11,13-14,17,22H,2-7,12,15-16H2,1H3,(H,28,30). The minimum atomic E-state index is -3.57. The van der Waals surface area contributed by atoms with Gasteiger partial charge >= 0.3 is 0 Å². The van der Waals surface area contributed by atoms with Crippen LogP contribution in [0.5, 0.6) is 0 Å². The van der Waals surface area contributed by atoms with E-state index in [-0.39, 0.29) is 30.2 Å². The van der Waals surface area contributed by atoms with Crippen molar-refractivity contribution >= 4 is 39.1 Å². The van der Waals surface area contributed by atoms with Gasteiger partial charge in [-0.15, -0.1) is 0 Å². The molecule has 0 spiro atoms. The van der Waals surface area contributed by atoms with Gasteiger partial charge in [0.25, 0.3) is 0 Å². The highest BCUT2D eigenvalue weighted by molar-refractivity contribution is 7.88. The third-order valence-electron chi connectivity index (χ3n) is 6.71. The lowest BCUT2D eigenvalue weighted by Gasteiger charge is -2.32. The zero-order chi connectivity index (χ0) is 23.6. The SMILES string of the molecule is CC(NC(=O)C1CCCN(S(=O)(=O)Cc2ccc(Cl)c(Cl)c2)C1)c1ccc2c(c1)CCCC2. The number of benzene rings is 2. The first-order valence-corrected chi connectivity index (χ1v) is 13.9. The van der Waals surface area contributed by atoms with Gasteiger partial charge in [0.05, 0.1) is 27.8 Å². The molecule has 1 fully saturated rings. The molecule has 1 aliphatic carbocycles. The molecule has 0 aromatic heterocycles. The lowest BCUT2D eigenvalue weighted by atomic mass is 9.89. The van der Waals surface area contributed by atoms with Crippen molar-refractivity contribution in [1.82, 2.24) is 9.62 Å². The molecular formula is C25H30Cl2N2O3S. The summed E-state index contributed by atoms with van der Waals surface area (Å²) < 4.78 is 27.5. The van der Waals surface area contributed by atoms with Crippen LogP contribution < -0.4 is 5.32 Å². The summed E-state index contributed by atoms with van der Waals surface area (Å²) in [5.74, 6) is -0.610. The molecule has 1 saturated heterocycles. The van der Waals surface area contributed by atoms with E-state index >= 15 is 0 Å². The van der Waals surface area contributed by atoms with Crippen LogP contribution in [0.4, 0.5) is 0 Å². The van der Waals surface area contributed by atoms with Gasteiger partial charge in [0.15, 0.2) is 0 Å². The fourth-order valence-corrected chi connectivity index (χ4v) is 6.70. The van der Waals surface area contributed by atoms with Gasteiger partial charge in [-0.25, -0.2) is 12.7 Å². The molecule has 1 heterocycles. The van der Waals surface area contributed by atoms with Crippen molar-refractivity contribution in [1.29, 1.82) is 0 Å². The maximum atomic E-state index is 13.0. The number of aryl methyl sites for hydroxylation is 2. The molecule has 2 aliphatic rings. The number of rotatable bonds is 6. The Morgan fingerprint density at radius 2 is 1.82 bits per heavy atom. The van der Waals surface area contributed by atoms with Gasteiger partial charge in [-0.05, 0) is 79.8 Å². The minimum absolute atomic E-state index is 0.0883. The molecule has 0 bridgehead atoms. The summed E-state index contributed by atoms with van der Waals surface area (Å²) >= 11 is 12.0. The Balaban J connectivity index is 1.39. The largest absolute Gasteiger partial charge is 0.349 e. The molecule has 2 aromatic rings. The van der Waals surface area contributed by atoms with E-state index in [4.69, 9.17) is 23.2 Å². The average Bonchev–Trinajstić information content (AvgIpc) is 2.81. The van der Waals surface area contributed by atoms with Crippen molar-refractivity contribution < 1.29 is 13.2 Å². The third-order valence-corrected chi connectivity index (χ3v) is 9.27. The van der Waals surface area contributed by atoms with E-state index in [2.05, 4.69) is 23.5 Å². The maximum Gasteiger partial charge on any atom is 0.224 e. The van der Waals surface area contributed by atoms with E-state index in [1.54, 1.807) is 18.2 Å². The minimum Gasteiger partial charge on any atom is -0.349 e. The van der Waals surface area contributed by atoms with Crippen molar-refractivity contribution in [2.24, 2.45) is 5.92 Å². The van der Waals surface area contributed by atoms with Crippen LogP contribution in [-0.2, 0) is 33.4 Å². The lowest BCUT2D eigenvalue weighted by molar-refractivity contribution is -0.126. The summed E-state index contributed by atoms with van der Waals surface area (Å²) in [7, 11) is -3.57. The number of nitrogens with zero attached hydrogens (tertiary/aromatic N) is 1. The molecule has 1 amide bonds. The number of hydrogen-bond acceptors (Lipinski definition) is 3. The first-order valence-electron chi connectivity index (χ1n) is 11.6. The second kappa shape index (κ2) is 10.3. The van der Waals surface area contributed by atoms with E-state index in [1.807, 2.05) is 6.92 Å². The van der Waals surface area contributed by atoms with Gasteiger partial charge in [-0.3, -0.25) is 4.79 Å². The summed E-state index contributed by atoms with van der Waals surface area (Å²) in [5.41, 5.74) is 4.48. The zero-order valence-corrected chi connectivity index (χ0v) is 21.1. The van der Waals surface area contributed by atoms with Gasteiger partial charge in [-0.2, -0.15) is 0 Å². The molecule has 2 atom stereocenters. The smallest absolute Gasteiger partial charge is 0.224 e. The predicted molar refractivity (Wildman–Crippen MR) is 133 cm³/mol. The van der Waals surface area contributed by atoms with Crippen LogP contribution in [-0.4, -0.2) is 31.7 Å². The number of amides is 1. The van der Waals surface area contributed by atoms with E-state index < -0.39 is 10.0 Å². The summed E-state index contributed by atoms with van der Waals surface area (Å²) in [5, 5.41) is 3.83. The number of hydrogen-bond donors (Lipinski definition) is 1. The van der Waals surface area contributed by atoms with Crippen molar-refractivity contribution in [2.45, 2.75) is 57.2 Å². The van der Waals surface area contributed by atoms with Crippen LogP contribution in [0.15, 0.2) is 36.4 Å². The number of carbonyl (C=O) groups excluding carboxylic acids is 1. The van der Waals surface area contributed by atoms with Gasteiger partial charge in [0.2, 0.25) is 15.9 Å². The van der Waals surface area contributed by atoms with E-state index in [0.29, 0.717) is 35.0 Å². The number of piperidine rings is 1. The molecule has 5 nitrogen and oxygen atoms in total. The van der Waals surface area contributed by atoms with Crippen LogP contribution in [0.3, 0.4) is 0 Å².